The summed E-state index contributed by atoms with van der Waals surface area (Å²) in [7, 11) is 0. The Balaban J connectivity index is 1.92. The maximum absolute atomic E-state index is 12.2. The van der Waals surface area contributed by atoms with Crippen molar-refractivity contribution in [3.05, 3.63) is 84.0 Å². The van der Waals surface area contributed by atoms with Crippen molar-refractivity contribution in [3.63, 3.8) is 0 Å². The molecule has 2 aromatic carbocycles. The van der Waals surface area contributed by atoms with E-state index in [-0.39, 0.29) is 6.61 Å². The Morgan fingerprint density at radius 2 is 1.80 bits per heavy atom. The number of benzene rings is 2. The summed E-state index contributed by atoms with van der Waals surface area (Å²) in [5.41, 5.74) is 7.08. The van der Waals surface area contributed by atoms with Gasteiger partial charge in [0.2, 0.25) is 0 Å². The second-order valence-electron chi connectivity index (χ2n) is 5.28. The first-order valence-corrected chi connectivity index (χ1v) is 7.78. The van der Waals surface area contributed by atoms with Crippen LogP contribution in [0, 0.1) is 6.92 Å². The van der Waals surface area contributed by atoms with E-state index in [4.69, 9.17) is 4.74 Å². The topological polar surface area (TPSA) is 67.4 Å². The Hall–Kier alpha value is -3.34. The number of nitrogens with one attached hydrogen (secondary N) is 2. The molecule has 2 N–H and O–H groups in total. The number of carbonyl (C=O) groups excluding carboxylic acids is 2. The molecule has 0 radical (unpaired) electrons. The van der Waals surface area contributed by atoms with Crippen molar-refractivity contribution in [1.82, 2.24) is 10.9 Å². The van der Waals surface area contributed by atoms with Crippen molar-refractivity contribution in [2.75, 3.05) is 6.61 Å². The molecule has 0 aliphatic carbocycles. The molecule has 2 aromatic rings. The molecule has 128 valence electrons. The van der Waals surface area contributed by atoms with Crippen molar-refractivity contribution in [1.29, 1.82) is 0 Å². The van der Waals surface area contributed by atoms with Gasteiger partial charge < -0.3 is 4.74 Å². The highest BCUT2D eigenvalue weighted by atomic mass is 16.5. The summed E-state index contributed by atoms with van der Waals surface area (Å²) in [5.74, 6) is -0.473. The third kappa shape index (κ3) is 5.66. The molecule has 0 unspecified atom stereocenters. The van der Waals surface area contributed by atoms with Crippen LogP contribution in [0.3, 0.4) is 0 Å². The Morgan fingerprint density at radius 1 is 1.08 bits per heavy atom. The summed E-state index contributed by atoms with van der Waals surface area (Å²) >= 11 is 0. The van der Waals surface area contributed by atoms with Crippen LogP contribution in [0.25, 0.3) is 6.08 Å². The zero-order valence-electron chi connectivity index (χ0n) is 14.0. The Bertz CT molecular complexity index is 780. The highest BCUT2D eigenvalue weighted by Gasteiger charge is 2.11. The molecule has 5 heteroatoms. The number of hydrazine groups is 1. The van der Waals surface area contributed by atoms with E-state index in [2.05, 4.69) is 17.4 Å². The minimum absolute atomic E-state index is 0.288. The molecule has 0 aliphatic rings. The molecule has 5 nitrogen and oxygen atoms in total. The van der Waals surface area contributed by atoms with Gasteiger partial charge in [0.15, 0.2) is 0 Å². The van der Waals surface area contributed by atoms with Crippen molar-refractivity contribution in [3.8, 4) is 5.75 Å². The van der Waals surface area contributed by atoms with Gasteiger partial charge in [-0.25, -0.2) is 0 Å². The van der Waals surface area contributed by atoms with E-state index in [1.165, 1.54) is 6.08 Å². The number of para-hydroxylation sites is 1. The van der Waals surface area contributed by atoms with Gasteiger partial charge in [-0.3, -0.25) is 20.4 Å². The fraction of sp³-hybridized carbons (Fsp3) is 0.100. The van der Waals surface area contributed by atoms with Crippen LogP contribution in [0.2, 0.25) is 0 Å². The minimum atomic E-state index is -0.461. The van der Waals surface area contributed by atoms with Crippen LogP contribution in [0.4, 0.5) is 0 Å². The van der Waals surface area contributed by atoms with Gasteiger partial charge in [0, 0.05) is 6.08 Å². The molecular weight excluding hydrogens is 316 g/mol. The number of aryl methyl sites for hydroxylation is 1. The first kappa shape index (κ1) is 18.0. The number of ether oxygens (including phenoxy) is 1. The third-order valence-corrected chi connectivity index (χ3v) is 3.29. The maximum Gasteiger partial charge on any atom is 0.273 e. The SMILES string of the molecule is C=CCOc1ccccc1C(=O)NNC(=O)C=Cc1ccc(C)cc1. The Labute approximate surface area is 147 Å². The van der Waals surface area contributed by atoms with Crippen molar-refractivity contribution in [2.24, 2.45) is 0 Å². The summed E-state index contributed by atoms with van der Waals surface area (Å²) in [5, 5.41) is 0. The predicted molar refractivity (Wildman–Crippen MR) is 98.0 cm³/mol. The van der Waals surface area contributed by atoms with E-state index >= 15 is 0 Å². The molecule has 0 saturated heterocycles. The lowest BCUT2D eigenvalue weighted by molar-refractivity contribution is -0.117. The van der Waals surface area contributed by atoms with Crippen molar-refractivity contribution in [2.45, 2.75) is 6.92 Å². The van der Waals surface area contributed by atoms with Gasteiger partial charge in [0.1, 0.15) is 12.4 Å². The molecule has 25 heavy (non-hydrogen) atoms. The van der Waals surface area contributed by atoms with Crippen molar-refractivity contribution < 1.29 is 14.3 Å². The number of rotatable bonds is 6. The molecule has 0 aromatic heterocycles. The van der Waals surface area contributed by atoms with Gasteiger partial charge in [-0.05, 0) is 30.7 Å². The second-order valence-corrected chi connectivity index (χ2v) is 5.28. The first-order valence-electron chi connectivity index (χ1n) is 7.78. The Morgan fingerprint density at radius 3 is 2.52 bits per heavy atom. The van der Waals surface area contributed by atoms with Crippen LogP contribution in [0.1, 0.15) is 21.5 Å². The third-order valence-electron chi connectivity index (χ3n) is 3.29. The molecule has 0 spiro atoms. The van der Waals surface area contributed by atoms with Gasteiger partial charge in [0.05, 0.1) is 5.56 Å². The second kappa shape index (κ2) is 9.08. The Kier molecular flexibility index (Phi) is 6.54. The zero-order valence-corrected chi connectivity index (χ0v) is 14.0. The van der Waals surface area contributed by atoms with E-state index in [1.807, 2.05) is 31.2 Å². The number of amides is 2. The van der Waals surface area contributed by atoms with Gasteiger partial charge in [0.25, 0.3) is 11.8 Å². The molecule has 0 atom stereocenters. The summed E-state index contributed by atoms with van der Waals surface area (Å²) in [4.78, 5) is 24.0. The lowest BCUT2D eigenvalue weighted by atomic mass is 10.1. The largest absolute Gasteiger partial charge is 0.489 e. The van der Waals surface area contributed by atoms with Crippen LogP contribution < -0.4 is 15.6 Å². The van der Waals surface area contributed by atoms with Crippen LogP contribution in [0.15, 0.2) is 67.3 Å². The number of carbonyl (C=O) groups is 2. The molecule has 2 rings (SSSR count). The number of hydrogen-bond donors (Lipinski definition) is 2. The van der Waals surface area contributed by atoms with Gasteiger partial charge in [-0.2, -0.15) is 0 Å². The average Bonchev–Trinajstić information content (AvgIpc) is 2.64. The summed E-state index contributed by atoms with van der Waals surface area (Å²) in [6, 6.07) is 14.5. The average molecular weight is 336 g/mol. The summed E-state index contributed by atoms with van der Waals surface area (Å²) in [6.07, 6.45) is 4.61. The normalized spacial score (nSPS) is 10.3. The lowest BCUT2D eigenvalue weighted by Crippen LogP contribution is -2.40. The minimum Gasteiger partial charge on any atom is -0.489 e. The van der Waals surface area contributed by atoms with Crippen LogP contribution in [-0.4, -0.2) is 18.4 Å². The van der Waals surface area contributed by atoms with E-state index in [9.17, 15) is 9.59 Å². The van der Waals surface area contributed by atoms with E-state index in [1.54, 1.807) is 36.4 Å². The fourth-order valence-electron chi connectivity index (χ4n) is 2.01. The highest BCUT2D eigenvalue weighted by Crippen LogP contribution is 2.17. The first-order chi connectivity index (χ1) is 12.1. The maximum atomic E-state index is 12.2. The fourth-order valence-corrected chi connectivity index (χ4v) is 2.01. The number of hydrogen-bond acceptors (Lipinski definition) is 3. The molecule has 2 amide bonds. The monoisotopic (exact) mass is 336 g/mol. The highest BCUT2D eigenvalue weighted by molar-refractivity contribution is 5.99. The summed E-state index contributed by atoms with van der Waals surface area (Å²) < 4.78 is 5.42. The zero-order chi connectivity index (χ0) is 18.1. The molecular formula is C20H20N2O3. The quantitative estimate of drug-likeness (QED) is 0.484. The van der Waals surface area contributed by atoms with Crippen LogP contribution in [0.5, 0.6) is 5.75 Å². The van der Waals surface area contributed by atoms with Gasteiger partial charge in [-0.15, -0.1) is 0 Å². The molecule has 0 bridgehead atoms. The van der Waals surface area contributed by atoms with Gasteiger partial charge in [-0.1, -0.05) is 54.6 Å². The van der Waals surface area contributed by atoms with Crippen LogP contribution >= 0.6 is 0 Å². The van der Waals surface area contributed by atoms with E-state index in [0.29, 0.717) is 11.3 Å². The smallest absolute Gasteiger partial charge is 0.273 e. The standard InChI is InChI=1S/C20H20N2O3/c1-3-14-25-18-7-5-4-6-17(18)20(24)22-21-19(23)13-12-16-10-8-15(2)9-11-16/h3-13H,1,14H2,2H3,(H,21,23)(H,22,24). The lowest BCUT2D eigenvalue weighted by Gasteiger charge is -2.10. The van der Waals surface area contributed by atoms with Crippen molar-refractivity contribution >= 4 is 17.9 Å². The van der Waals surface area contributed by atoms with E-state index < -0.39 is 11.8 Å². The molecule has 0 heterocycles. The molecule has 0 saturated carbocycles. The molecule has 0 aliphatic heterocycles. The predicted octanol–water partition coefficient (Wildman–Crippen LogP) is 3.03. The van der Waals surface area contributed by atoms with E-state index in [0.717, 1.165) is 11.1 Å². The molecule has 0 fully saturated rings. The van der Waals surface area contributed by atoms with Crippen LogP contribution in [-0.2, 0) is 4.79 Å². The summed E-state index contributed by atoms with van der Waals surface area (Å²) in [6.45, 7) is 5.85. The van der Waals surface area contributed by atoms with Gasteiger partial charge >= 0.3 is 0 Å².